The minimum atomic E-state index is -0.145. The Balaban J connectivity index is 1.74. The molecule has 1 N–H and O–H groups in total. The highest BCUT2D eigenvalue weighted by atomic mass is 16.5. The first-order chi connectivity index (χ1) is 10.3. The van der Waals surface area contributed by atoms with E-state index in [1.54, 1.807) is 6.20 Å². The van der Waals surface area contributed by atoms with Gasteiger partial charge in [0.15, 0.2) is 0 Å². The molecule has 5 heteroatoms. The SMILES string of the molecule is CCO[C@@H]1COC[C@H]1NC(=O)c1cnc2ccccc2c1. The molecular weight excluding hydrogens is 268 g/mol. The van der Waals surface area contributed by atoms with Crippen molar-refractivity contribution in [2.24, 2.45) is 0 Å². The number of pyridine rings is 1. The third-order valence-corrected chi connectivity index (χ3v) is 3.58. The molecule has 0 radical (unpaired) electrons. The number of fused-ring (bicyclic) bond motifs is 1. The van der Waals surface area contributed by atoms with E-state index >= 15 is 0 Å². The van der Waals surface area contributed by atoms with Gasteiger partial charge in [-0.1, -0.05) is 18.2 Å². The van der Waals surface area contributed by atoms with E-state index in [0.717, 1.165) is 10.9 Å². The van der Waals surface area contributed by atoms with Crippen molar-refractivity contribution in [1.82, 2.24) is 10.3 Å². The maximum absolute atomic E-state index is 12.3. The molecule has 0 saturated carbocycles. The topological polar surface area (TPSA) is 60.5 Å². The normalized spacial score (nSPS) is 21.6. The number of hydrogen-bond donors (Lipinski definition) is 1. The largest absolute Gasteiger partial charge is 0.376 e. The van der Waals surface area contributed by atoms with Crippen LogP contribution in [0.25, 0.3) is 10.9 Å². The zero-order valence-electron chi connectivity index (χ0n) is 11.9. The Morgan fingerprint density at radius 2 is 2.29 bits per heavy atom. The van der Waals surface area contributed by atoms with Gasteiger partial charge in [-0.2, -0.15) is 0 Å². The van der Waals surface area contributed by atoms with Crippen molar-refractivity contribution in [3.63, 3.8) is 0 Å². The lowest BCUT2D eigenvalue weighted by Gasteiger charge is -2.18. The van der Waals surface area contributed by atoms with Crippen molar-refractivity contribution in [3.8, 4) is 0 Å². The molecule has 1 aromatic heterocycles. The fourth-order valence-corrected chi connectivity index (χ4v) is 2.49. The summed E-state index contributed by atoms with van der Waals surface area (Å²) in [5.74, 6) is -0.145. The Labute approximate surface area is 123 Å². The van der Waals surface area contributed by atoms with Gasteiger partial charge in [-0.25, -0.2) is 0 Å². The fourth-order valence-electron chi connectivity index (χ4n) is 2.49. The average molecular weight is 286 g/mol. The van der Waals surface area contributed by atoms with Gasteiger partial charge in [0, 0.05) is 18.2 Å². The first-order valence-corrected chi connectivity index (χ1v) is 7.13. The third-order valence-electron chi connectivity index (χ3n) is 3.58. The highest BCUT2D eigenvalue weighted by Gasteiger charge is 2.30. The van der Waals surface area contributed by atoms with Gasteiger partial charge >= 0.3 is 0 Å². The number of nitrogens with zero attached hydrogens (tertiary/aromatic N) is 1. The highest BCUT2D eigenvalue weighted by Crippen LogP contribution is 2.14. The van der Waals surface area contributed by atoms with E-state index in [0.29, 0.717) is 25.4 Å². The van der Waals surface area contributed by atoms with E-state index in [4.69, 9.17) is 9.47 Å². The van der Waals surface area contributed by atoms with Crippen molar-refractivity contribution < 1.29 is 14.3 Å². The van der Waals surface area contributed by atoms with E-state index in [-0.39, 0.29) is 18.1 Å². The van der Waals surface area contributed by atoms with E-state index in [9.17, 15) is 4.79 Å². The Hall–Kier alpha value is -1.98. The number of carbonyl (C=O) groups excluding carboxylic acids is 1. The summed E-state index contributed by atoms with van der Waals surface area (Å²) in [6, 6.07) is 9.47. The van der Waals surface area contributed by atoms with Crippen LogP contribution in [0.3, 0.4) is 0 Å². The number of ether oxygens (including phenoxy) is 2. The van der Waals surface area contributed by atoms with Crippen LogP contribution in [0.1, 0.15) is 17.3 Å². The number of aromatic nitrogens is 1. The molecular formula is C16H18N2O3. The molecule has 110 valence electrons. The predicted octanol–water partition coefficient (Wildman–Crippen LogP) is 1.77. The van der Waals surface area contributed by atoms with Crippen molar-refractivity contribution in [2.75, 3.05) is 19.8 Å². The molecule has 1 fully saturated rings. The Morgan fingerprint density at radius 1 is 1.43 bits per heavy atom. The van der Waals surface area contributed by atoms with Gasteiger partial charge in [-0.05, 0) is 19.1 Å². The molecule has 0 spiro atoms. The Bertz CT molecular complexity index is 644. The summed E-state index contributed by atoms with van der Waals surface area (Å²) in [4.78, 5) is 16.6. The van der Waals surface area contributed by atoms with Gasteiger partial charge in [0.05, 0.1) is 30.3 Å². The molecule has 0 unspecified atom stereocenters. The van der Waals surface area contributed by atoms with E-state index < -0.39 is 0 Å². The van der Waals surface area contributed by atoms with E-state index in [1.165, 1.54) is 0 Å². The first kappa shape index (κ1) is 14.0. The number of amides is 1. The number of carbonyl (C=O) groups is 1. The van der Waals surface area contributed by atoms with Crippen LogP contribution < -0.4 is 5.32 Å². The molecule has 0 aliphatic carbocycles. The summed E-state index contributed by atoms with van der Waals surface area (Å²) in [6.07, 6.45) is 1.52. The summed E-state index contributed by atoms with van der Waals surface area (Å²) < 4.78 is 10.9. The van der Waals surface area contributed by atoms with Gasteiger partial charge in [0.2, 0.25) is 0 Å². The molecule has 0 bridgehead atoms. The minimum absolute atomic E-state index is 0.0765. The van der Waals surface area contributed by atoms with Gasteiger partial charge in [0.1, 0.15) is 6.10 Å². The molecule has 1 aliphatic rings. The van der Waals surface area contributed by atoms with Gasteiger partial charge in [-0.15, -0.1) is 0 Å². The number of rotatable bonds is 4. The third kappa shape index (κ3) is 3.04. The zero-order valence-corrected chi connectivity index (χ0v) is 11.9. The molecule has 2 heterocycles. The van der Waals surface area contributed by atoms with Crippen molar-refractivity contribution in [1.29, 1.82) is 0 Å². The second-order valence-electron chi connectivity index (χ2n) is 5.03. The summed E-state index contributed by atoms with van der Waals surface area (Å²) >= 11 is 0. The first-order valence-electron chi connectivity index (χ1n) is 7.13. The van der Waals surface area contributed by atoms with Gasteiger partial charge in [0.25, 0.3) is 5.91 Å². The number of hydrogen-bond acceptors (Lipinski definition) is 4. The van der Waals surface area contributed by atoms with Crippen LogP contribution in [0.4, 0.5) is 0 Å². The van der Waals surface area contributed by atoms with Crippen LogP contribution in [0.2, 0.25) is 0 Å². The standard InChI is InChI=1S/C16H18N2O3/c1-2-21-15-10-20-9-14(15)18-16(19)12-7-11-5-3-4-6-13(11)17-8-12/h3-8,14-15H,2,9-10H2,1H3,(H,18,19)/t14-,15-/m1/s1. The quantitative estimate of drug-likeness (QED) is 0.930. The maximum atomic E-state index is 12.3. The maximum Gasteiger partial charge on any atom is 0.253 e. The number of benzene rings is 1. The molecule has 3 rings (SSSR count). The van der Waals surface area contributed by atoms with Crippen LogP contribution in [0.5, 0.6) is 0 Å². The number of para-hydroxylation sites is 1. The molecule has 1 aliphatic heterocycles. The monoisotopic (exact) mass is 286 g/mol. The van der Waals surface area contributed by atoms with Crippen LogP contribution in [0.15, 0.2) is 36.5 Å². The summed E-state index contributed by atoms with van der Waals surface area (Å²) in [5, 5.41) is 3.92. The zero-order chi connectivity index (χ0) is 14.7. The van der Waals surface area contributed by atoms with Gasteiger partial charge < -0.3 is 14.8 Å². The summed E-state index contributed by atoms with van der Waals surface area (Å²) in [6.45, 7) is 3.55. The average Bonchev–Trinajstić information content (AvgIpc) is 2.94. The van der Waals surface area contributed by atoms with Crippen molar-refractivity contribution >= 4 is 16.8 Å². The Kier molecular flexibility index (Phi) is 4.13. The van der Waals surface area contributed by atoms with Crippen molar-refractivity contribution in [2.45, 2.75) is 19.1 Å². The van der Waals surface area contributed by atoms with Crippen LogP contribution in [-0.4, -0.2) is 42.9 Å². The second-order valence-corrected chi connectivity index (χ2v) is 5.03. The minimum Gasteiger partial charge on any atom is -0.376 e. The van der Waals surface area contributed by atoms with Crippen LogP contribution in [-0.2, 0) is 9.47 Å². The van der Waals surface area contributed by atoms with Gasteiger partial charge in [-0.3, -0.25) is 9.78 Å². The number of nitrogens with one attached hydrogen (secondary N) is 1. The Morgan fingerprint density at radius 3 is 3.14 bits per heavy atom. The molecule has 21 heavy (non-hydrogen) atoms. The lowest BCUT2D eigenvalue weighted by Crippen LogP contribution is -2.43. The highest BCUT2D eigenvalue weighted by molar-refractivity contribution is 5.97. The predicted molar refractivity (Wildman–Crippen MR) is 79.2 cm³/mol. The molecule has 5 nitrogen and oxygen atoms in total. The molecule has 2 aromatic rings. The molecule has 1 aromatic carbocycles. The molecule has 1 amide bonds. The van der Waals surface area contributed by atoms with Crippen LogP contribution >= 0.6 is 0 Å². The van der Waals surface area contributed by atoms with Crippen molar-refractivity contribution in [3.05, 3.63) is 42.1 Å². The summed E-state index contributed by atoms with van der Waals surface area (Å²) in [5.41, 5.74) is 1.43. The lowest BCUT2D eigenvalue weighted by molar-refractivity contribution is 0.0402. The lowest BCUT2D eigenvalue weighted by atomic mass is 10.1. The molecule has 1 saturated heterocycles. The summed E-state index contributed by atoms with van der Waals surface area (Å²) in [7, 11) is 0. The smallest absolute Gasteiger partial charge is 0.253 e. The van der Waals surface area contributed by atoms with E-state index in [1.807, 2.05) is 37.3 Å². The molecule has 2 atom stereocenters. The fraction of sp³-hybridized carbons (Fsp3) is 0.375. The van der Waals surface area contributed by atoms with Crippen LogP contribution in [0, 0.1) is 0 Å². The van der Waals surface area contributed by atoms with E-state index in [2.05, 4.69) is 10.3 Å². The second kappa shape index (κ2) is 6.20.